The van der Waals surface area contributed by atoms with Crippen LogP contribution in [0.4, 0.5) is 0 Å². The molecule has 0 spiro atoms. The first-order valence-electron chi connectivity index (χ1n) is 27.2. The van der Waals surface area contributed by atoms with Crippen LogP contribution in [0.3, 0.4) is 0 Å². The molecule has 0 aliphatic rings. The molecule has 360 valence electrons. The monoisotopic (exact) mass is 861 g/mol. The maximum Gasteiger partial charge on any atom is 0.306 e. The molecule has 0 aromatic rings. The maximum absolute atomic E-state index is 12.8. The standard InChI is InChI=1S/C55H104O6/c1-4-7-10-13-16-19-22-25-27-30-33-36-39-42-45-48-54(57)60-51-52(50-59-53(56)47-44-41-38-35-32-29-24-21-18-15-12-9-6-3)61-55(58)49-46-43-40-37-34-31-28-26-23-20-17-14-11-8-5-2/h26,28,52H,4-25,27,29-51H2,1-3H3/b28-26+. The van der Waals surface area contributed by atoms with Gasteiger partial charge in [0.25, 0.3) is 0 Å². The van der Waals surface area contributed by atoms with E-state index in [0.29, 0.717) is 19.3 Å². The third-order valence-electron chi connectivity index (χ3n) is 12.3. The SMILES string of the molecule is CCCCCCCC/C=C/CCCCCCCC(=O)OC(COC(=O)CCCCCCCCCCCCCCC)COC(=O)CCCCCCCCCCCCCCCCC. The number of unbranched alkanes of at least 4 members (excludes halogenated alkanes) is 37. The van der Waals surface area contributed by atoms with Crippen LogP contribution in [0.25, 0.3) is 0 Å². The first kappa shape index (κ1) is 59.1. The number of hydrogen-bond acceptors (Lipinski definition) is 6. The number of rotatable bonds is 50. The molecule has 6 heteroatoms. The molecule has 61 heavy (non-hydrogen) atoms. The van der Waals surface area contributed by atoms with Crippen LogP contribution in [0, 0.1) is 0 Å². The highest BCUT2D eigenvalue weighted by Crippen LogP contribution is 2.16. The lowest BCUT2D eigenvalue weighted by Crippen LogP contribution is -2.30. The summed E-state index contributed by atoms with van der Waals surface area (Å²) in [6.45, 7) is 6.67. The highest BCUT2D eigenvalue weighted by atomic mass is 16.6. The fourth-order valence-corrected chi connectivity index (χ4v) is 8.14. The lowest BCUT2D eigenvalue weighted by Gasteiger charge is -2.18. The van der Waals surface area contributed by atoms with E-state index in [4.69, 9.17) is 14.2 Å². The molecular formula is C55H104O6. The van der Waals surface area contributed by atoms with Gasteiger partial charge in [-0.1, -0.05) is 251 Å². The van der Waals surface area contributed by atoms with E-state index < -0.39 is 6.10 Å². The predicted octanol–water partition coefficient (Wildman–Crippen LogP) is 17.8. The van der Waals surface area contributed by atoms with Gasteiger partial charge in [0.15, 0.2) is 6.10 Å². The normalized spacial score (nSPS) is 12.0. The van der Waals surface area contributed by atoms with E-state index in [9.17, 15) is 14.4 Å². The Morgan fingerprint density at radius 3 is 0.820 bits per heavy atom. The summed E-state index contributed by atoms with van der Waals surface area (Å²) in [6, 6.07) is 0. The fraction of sp³-hybridized carbons (Fsp3) is 0.909. The quantitative estimate of drug-likeness (QED) is 0.0262. The Labute approximate surface area is 380 Å². The zero-order chi connectivity index (χ0) is 44.4. The van der Waals surface area contributed by atoms with Crippen molar-refractivity contribution in [3.05, 3.63) is 12.2 Å². The van der Waals surface area contributed by atoms with Crippen LogP contribution in [0.15, 0.2) is 12.2 Å². The molecule has 0 saturated heterocycles. The Morgan fingerprint density at radius 2 is 0.541 bits per heavy atom. The average Bonchev–Trinajstić information content (AvgIpc) is 3.26. The zero-order valence-corrected chi connectivity index (χ0v) is 41.2. The van der Waals surface area contributed by atoms with Gasteiger partial charge in [-0.15, -0.1) is 0 Å². The highest BCUT2D eigenvalue weighted by Gasteiger charge is 2.19. The van der Waals surface area contributed by atoms with Crippen LogP contribution in [-0.2, 0) is 28.6 Å². The minimum absolute atomic E-state index is 0.0677. The van der Waals surface area contributed by atoms with E-state index in [1.54, 1.807) is 0 Å². The maximum atomic E-state index is 12.8. The molecule has 0 aromatic carbocycles. The van der Waals surface area contributed by atoms with Crippen molar-refractivity contribution in [2.45, 2.75) is 309 Å². The second-order valence-electron chi connectivity index (χ2n) is 18.5. The first-order chi connectivity index (χ1) is 30.0. The average molecular weight is 861 g/mol. The Bertz CT molecular complexity index is 947. The van der Waals surface area contributed by atoms with Crippen molar-refractivity contribution in [2.24, 2.45) is 0 Å². The molecule has 1 unspecified atom stereocenters. The zero-order valence-electron chi connectivity index (χ0n) is 41.2. The lowest BCUT2D eigenvalue weighted by atomic mass is 10.0. The van der Waals surface area contributed by atoms with Gasteiger partial charge in [-0.05, 0) is 44.9 Å². The van der Waals surface area contributed by atoms with Crippen molar-refractivity contribution in [2.75, 3.05) is 13.2 Å². The molecule has 0 amide bonds. The third-order valence-corrected chi connectivity index (χ3v) is 12.3. The van der Waals surface area contributed by atoms with Crippen molar-refractivity contribution >= 4 is 17.9 Å². The molecule has 0 N–H and O–H groups in total. The minimum Gasteiger partial charge on any atom is -0.462 e. The minimum atomic E-state index is -0.767. The van der Waals surface area contributed by atoms with Crippen molar-refractivity contribution in [3.63, 3.8) is 0 Å². The van der Waals surface area contributed by atoms with E-state index in [1.165, 1.54) is 199 Å². The third kappa shape index (κ3) is 49.0. The van der Waals surface area contributed by atoms with Gasteiger partial charge in [-0.25, -0.2) is 0 Å². The van der Waals surface area contributed by atoms with Crippen molar-refractivity contribution in [1.29, 1.82) is 0 Å². The molecule has 0 aliphatic heterocycles. The van der Waals surface area contributed by atoms with Crippen molar-refractivity contribution in [1.82, 2.24) is 0 Å². The predicted molar refractivity (Wildman–Crippen MR) is 261 cm³/mol. The van der Waals surface area contributed by atoms with Gasteiger partial charge in [-0.3, -0.25) is 14.4 Å². The van der Waals surface area contributed by atoms with Gasteiger partial charge < -0.3 is 14.2 Å². The largest absolute Gasteiger partial charge is 0.462 e. The smallest absolute Gasteiger partial charge is 0.306 e. The molecule has 0 fully saturated rings. The number of ether oxygens (including phenoxy) is 3. The summed E-state index contributed by atoms with van der Waals surface area (Å²) in [5.74, 6) is -0.856. The molecule has 1 atom stereocenters. The number of esters is 3. The van der Waals surface area contributed by atoms with Gasteiger partial charge in [-0.2, -0.15) is 0 Å². The summed E-state index contributed by atoms with van der Waals surface area (Å²) >= 11 is 0. The molecule has 0 saturated carbocycles. The molecule has 6 nitrogen and oxygen atoms in total. The van der Waals surface area contributed by atoms with E-state index in [1.807, 2.05) is 0 Å². The Morgan fingerprint density at radius 1 is 0.311 bits per heavy atom. The number of allylic oxidation sites excluding steroid dienone is 2. The van der Waals surface area contributed by atoms with E-state index >= 15 is 0 Å². The van der Waals surface area contributed by atoms with E-state index in [-0.39, 0.29) is 31.1 Å². The van der Waals surface area contributed by atoms with Crippen LogP contribution in [-0.4, -0.2) is 37.2 Å². The molecule has 0 bridgehead atoms. The van der Waals surface area contributed by atoms with Gasteiger partial charge in [0.05, 0.1) is 0 Å². The second-order valence-corrected chi connectivity index (χ2v) is 18.5. The van der Waals surface area contributed by atoms with Crippen molar-refractivity contribution < 1.29 is 28.6 Å². The summed E-state index contributed by atoms with van der Waals surface area (Å²) in [5.41, 5.74) is 0. The first-order valence-corrected chi connectivity index (χ1v) is 27.2. The topological polar surface area (TPSA) is 78.9 Å². The van der Waals surface area contributed by atoms with Crippen LogP contribution in [0.5, 0.6) is 0 Å². The second kappa shape index (κ2) is 50.8. The van der Waals surface area contributed by atoms with Gasteiger partial charge in [0.2, 0.25) is 0 Å². The highest BCUT2D eigenvalue weighted by molar-refractivity contribution is 5.71. The Balaban J connectivity index is 4.33. The van der Waals surface area contributed by atoms with Gasteiger partial charge in [0.1, 0.15) is 13.2 Å². The molecule has 0 aliphatic carbocycles. The molecule has 0 rings (SSSR count). The van der Waals surface area contributed by atoms with Crippen molar-refractivity contribution in [3.8, 4) is 0 Å². The molecule has 0 aromatic heterocycles. The summed E-state index contributed by atoms with van der Waals surface area (Å²) < 4.78 is 16.8. The van der Waals surface area contributed by atoms with Crippen LogP contribution in [0.1, 0.15) is 303 Å². The van der Waals surface area contributed by atoms with Gasteiger partial charge in [0, 0.05) is 19.3 Å². The van der Waals surface area contributed by atoms with Crippen LogP contribution < -0.4 is 0 Å². The molecule has 0 radical (unpaired) electrons. The van der Waals surface area contributed by atoms with Crippen LogP contribution >= 0.6 is 0 Å². The number of hydrogen-bond donors (Lipinski definition) is 0. The summed E-state index contributed by atoms with van der Waals surface area (Å²) in [7, 11) is 0. The summed E-state index contributed by atoms with van der Waals surface area (Å²) in [5, 5.41) is 0. The number of carbonyl (C=O) groups excluding carboxylic acids is 3. The lowest BCUT2D eigenvalue weighted by molar-refractivity contribution is -0.167. The van der Waals surface area contributed by atoms with Gasteiger partial charge >= 0.3 is 17.9 Å². The summed E-state index contributed by atoms with van der Waals surface area (Å²) in [4.78, 5) is 38.0. The Hall–Kier alpha value is -1.85. The summed E-state index contributed by atoms with van der Waals surface area (Å²) in [6.07, 6.45) is 56.2. The van der Waals surface area contributed by atoms with E-state index in [2.05, 4.69) is 32.9 Å². The molecular weight excluding hydrogens is 757 g/mol. The molecule has 0 heterocycles. The Kier molecular flexibility index (Phi) is 49.3. The van der Waals surface area contributed by atoms with Crippen LogP contribution in [0.2, 0.25) is 0 Å². The fourth-order valence-electron chi connectivity index (χ4n) is 8.14. The number of carbonyl (C=O) groups is 3. The van der Waals surface area contributed by atoms with E-state index in [0.717, 1.165) is 64.2 Å².